The van der Waals surface area contributed by atoms with Crippen molar-refractivity contribution >= 4 is 34.9 Å². The van der Waals surface area contributed by atoms with E-state index in [9.17, 15) is 32.8 Å². The third-order valence-corrected chi connectivity index (χ3v) is 8.85. The fourth-order valence-corrected chi connectivity index (χ4v) is 6.16. The van der Waals surface area contributed by atoms with E-state index >= 15 is 4.39 Å². The number of halogens is 4. The minimum absolute atomic E-state index is 0.00141. The number of pyridine rings is 1. The number of hydrogen-bond acceptors (Lipinski definition) is 9. The van der Waals surface area contributed by atoms with Gasteiger partial charge in [0.15, 0.2) is 0 Å². The third-order valence-electron chi connectivity index (χ3n) is 8.85. The number of anilines is 3. The standard InChI is InChI=1S/C34H42F4N8O4/c1-21-17-24(34(36,37)38)22(18-39)31(40-21)41-26-12-14-45(30-25(35)9-7-10-27(30)44(5)33(26)49)16-15-43(4)32(48)23-19-46(20-28(23)50-6)29(47)11-8-13-42(2)3/h7-11,17,23,26,28H,12-16,19-20H2,1-6H3,(H,40,41)/b11-8+/t23?,26-,28?/m0/s1. The number of benzene rings is 1. The number of nitrogens with one attached hydrogen (secondary N) is 1. The summed E-state index contributed by atoms with van der Waals surface area (Å²) in [5, 5.41) is 12.4. The van der Waals surface area contributed by atoms with Crippen molar-refractivity contribution in [2.45, 2.75) is 31.7 Å². The molecule has 0 saturated carbocycles. The summed E-state index contributed by atoms with van der Waals surface area (Å²) >= 11 is 0. The van der Waals surface area contributed by atoms with Crippen LogP contribution in [0.3, 0.4) is 0 Å². The molecule has 2 aliphatic rings. The molecule has 2 unspecified atom stereocenters. The minimum Gasteiger partial charge on any atom is -0.379 e. The van der Waals surface area contributed by atoms with E-state index in [2.05, 4.69) is 10.3 Å². The zero-order valence-corrected chi connectivity index (χ0v) is 28.9. The Bertz CT molecular complexity index is 1660. The first kappa shape index (κ1) is 38.1. The molecule has 16 heteroatoms. The van der Waals surface area contributed by atoms with Crippen LogP contribution in [0.1, 0.15) is 23.2 Å². The molecule has 2 aliphatic heterocycles. The maximum atomic E-state index is 15.5. The van der Waals surface area contributed by atoms with Crippen LogP contribution in [0.15, 0.2) is 36.4 Å². The number of nitriles is 1. The number of amides is 3. The Morgan fingerprint density at radius 2 is 1.94 bits per heavy atom. The van der Waals surface area contributed by atoms with E-state index in [1.807, 2.05) is 19.0 Å². The van der Waals surface area contributed by atoms with Gasteiger partial charge in [0.25, 0.3) is 0 Å². The molecule has 0 aliphatic carbocycles. The van der Waals surface area contributed by atoms with Crippen molar-refractivity contribution < 1.29 is 36.7 Å². The van der Waals surface area contributed by atoms with Gasteiger partial charge in [-0.1, -0.05) is 12.1 Å². The highest BCUT2D eigenvalue weighted by Crippen LogP contribution is 2.37. The fraction of sp³-hybridized carbons (Fsp3) is 0.500. The molecular formula is C34H42F4N8O4. The number of likely N-dealkylation sites (tertiary alicyclic amines) is 1. The van der Waals surface area contributed by atoms with Gasteiger partial charge in [0, 0.05) is 72.2 Å². The van der Waals surface area contributed by atoms with Gasteiger partial charge in [0.1, 0.15) is 29.3 Å². The van der Waals surface area contributed by atoms with Crippen molar-refractivity contribution in [1.29, 1.82) is 5.26 Å². The second-order valence-electron chi connectivity index (χ2n) is 12.7. The van der Waals surface area contributed by atoms with Crippen molar-refractivity contribution in [2.24, 2.45) is 5.92 Å². The summed E-state index contributed by atoms with van der Waals surface area (Å²) in [5.41, 5.74) is -1.57. The van der Waals surface area contributed by atoms with Gasteiger partial charge in [0.05, 0.1) is 29.0 Å². The number of carbonyl (C=O) groups is 3. The van der Waals surface area contributed by atoms with Crippen LogP contribution in [0.5, 0.6) is 0 Å². The summed E-state index contributed by atoms with van der Waals surface area (Å²) in [6, 6.07) is 5.45. The Morgan fingerprint density at radius 3 is 2.58 bits per heavy atom. The molecular weight excluding hydrogens is 660 g/mol. The molecule has 50 heavy (non-hydrogen) atoms. The predicted octanol–water partition coefficient (Wildman–Crippen LogP) is 3.12. The predicted molar refractivity (Wildman–Crippen MR) is 179 cm³/mol. The molecule has 3 amide bonds. The smallest absolute Gasteiger partial charge is 0.379 e. The highest BCUT2D eigenvalue weighted by atomic mass is 19.4. The molecule has 3 atom stereocenters. The van der Waals surface area contributed by atoms with Crippen molar-refractivity contribution in [1.82, 2.24) is 19.7 Å². The second-order valence-corrected chi connectivity index (χ2v) is 12.7. The van der Waals surface area contributed by atoms with Crippen LogP contribution in [-0.4, -0.2) is 124 Å². The van der Waals surface area contributed by atoms with Crippen LogP contribution in [0.4, 0.5) is 34.8 Å². The maximum Gasteiger partial charge on any atom is 0.417 e. The number of likely N-dealkylation sites (N-methyl/N-ethyl adjacent to an activating group) is 3. The van der Waals surface area contributed by atoms with Crippen molar-refractivity contribution in [3.8, 4) is 6.07 Å². The van der Waals surface area contributed by atoms with E-state index in [-0.39, 0.29) is 73.8 Å². The van der Waals surface area contributed by atoms with Crippen molar-refractivity contribution in [3.63, 3.8) is 0 Å². The molecule has 0 radical (unpaired) electrons. The molecule has 4 rings (SSSR count). The third kappa shape index (κ3) is 8.51. The second kappa shape index (κ2) is 15.9. The van der Waals surface area contributed by atoms with E-state index in [1.165, 1.54) is 49.1 Å². The monoisotopic (exact) mass is 702 g/mol. The van der Waals surface area contributed by atoms with Gasteiger partial charge in [-0.3, -0.25) is 14.4 Å². The molecule has 0 spiro atoms. The van der Waals surface area contributed by atoms with Crippen molar-refractivity contribution in [3.05, 3.63) is 59.1 Å². The molecule has 270 valence electrons. The van der Waals surface area contributed by atoms with Gasteiger partial charge in [-0.15, -0.1) is 0 Å². The van der Waals surface area contributed by atoms with E-state index < -0.39 is 47.1 Å². The molecule has 1 aromatic heterocycles. The van der Waals surface area contributed by atoms with Gasteiger partial charge in [-0.25, -0.2) is 9.37 Å². The lowest BCUT2D eigenvalue weighted by Gasteiger charge is -2.37. The fourth-order valence-electron chi connectivity index (χ4n) is 6.16. The van der Waals surface area contributed by atoms with Gasteiger partial charge >= 0.3 is 6.18 Å². The highest BCUT2D eigenvalue weighted by Gasteiger charge is 2.41. The van der Waals surface area contributed by atoms with Gasteiger partial charge in [-0.05, 0) is 45.6 Å². The number of rotatable bonds is 10. The number of carbonyl (C=O) groups excluding carboxylic acids is 3. The lowest BCUT2D eigenvalue weighted by atomic mass is 10.0. The lowest BCUT2D eigenvalue weighted by Crippen LogP contribution is -2.48. The Hall–Kier alpha value is -4.75. The zero-order valence-electron chi connectivity index (χ0n) is 28.9. The van der Waals surface area contributed by atoms with Crippen LogP contribution < -0.4 is 15.1 Å². The molecule has 12 nitrogen and oxygen atoms in total. The van der Waals surface area contributed by atoms with Crippen molar-refractivity contribution in [2.75, 3.05) is 89.7 Å². The normalized spacial score (nSPS) is 19.8. The summed E-state index contributed by atoms with van der Waals surface area (Å²) in [6.45, 7) is 2.70. The van der Waals surface area contributed by atoms with Gasteiger partial charge in [-0.2, -0.15) is 18.4 Å². The summed E-state index contributed by atoms with van der Waals surface area (Å²) in [4.78, 5) is 52.0. The zero-order chi connectivity index (χ0) is 36.9. The summed E-state index contributed by atoms with van der Waals surface area (Å²) in [7, 11) is 8.28. The number of alkyl halides is 3. The first-order valence-electron chi connectivity index (χ1n) is 16.0. The Balaban J connectivity index is 1.54. The molecule has 2 aromatic rings. The molecule has 1 aromatic carbocycles. The van der Waals surface area contributed by atoms with Crippen LogP contribution in [0, 0.1) is 30.0 Å². The number of para-hydroxylation sites is 1. The average molecular weight is 703 g/mol. The van der Waals surface area contributed by atoms with Crippen LogP contribution in [0.25, 0.3) is 0 Å². The summed E-state index contributed by atoms with van der Waals surface area (Å²) in [5.74, 6) is -2.65. The Labute approximate surface area is 288 Å². The van der Waals surface area contributed by atoms with E-state index in [1.54, 1.807) is 35.1 Å². The number of hydrogen-bond donors (Lipinski definition) is 1. The number of methoxy groups -OCH3 is 1. The first-order chi connectivity index (χ1) is 23.6. The van der Waals surface area contributed by atoms with E-state index in [0.717, 1.165) is 6.07 Å². The Morgan fingerprint density at radius 1 is 1.22 bits per heavy atom. The largest absolute Gasteiger partial charge is 0.417 e. The number of fused-ring (bicyclic) bond motifs is 1. The minimum atomic E-state index is -4.83. The molecule has 0 bridgehead atoms. The number of aryl methyl sites for hydroxylation is 1. The molecule has 1 fully saturated rings. The number of nitrogens with zero attached hydrogens (tertiary/aromatic N) is 7. The van der Waals surface area contributed by atoms with Gasteiger partial charge < -0.3 is 34.6 Å². The lowest BCUT2D eigenvalue weighted by molar-refractivity contribution is -0.138. The SMILES string of the molecule is COC1CN(C(=O)/C=C/CN(C)C)CC1C(=O)N(C)CCN1CC[C@H](Nc2nc(C)cc(C(F)(F)F)c2C#N)C(=O)N(C)c2cccc(F)c21. The molecule has 1 N–H and O–H groups in total. The number of aromatic nitrogens is 1. The summed E-state index contributed by atoms with van der Waals surface area (Å²) in [6.07, 6.45) is -2.12. The average Bonchev–Trinajstić information content (AvgIpc) is 3.50. The molecule has 3 heterocycles. The van der Waals surface area contributed by atoms with E-state index in [0.29, 0.717) is 6.54 Å². The van der Waals surface area contributed by atoms with Gasteiger partial charge in [0.2, 0.25) is 17.7 Å². The van der Waals surface area contributed by atoms with Crippen LogP contribution in [0.2, 0.25) is 0 Å². The first-order valence-corrected chi connectivity index (χ1v) is 16.0. The number of ether oxygens (including phenoxy) is 1. The maximum absolute atomic E-state index is 15.5. The van der Waals surface area contributed by atoms with E-state index in [4.69, 9.17) is 4.74 Å². The topological polar surface area (TPSA) is 125 Å². The molecule has 1 saturated heterocycles. The highest BCUT2D eigenvalue weighted by molar-refractivity contribution is 6.01. The quantitative estimate of drug-likeness (QED) is 0.294. The van der Waals surface area contributed by atoms with Crippen LogP contribution >= 0.6 is 0 Å². The Kier molecular flexibility index (Phi) is 12.1. The summed E-state index contributed by atoms with van der Waals surface area (Å²) < 4.78 is 62.4. The van der Waals surface area contributed by atoms with Crippen LogP contribution in [-0.2, 0) is 25.3 Å².